The SMILES string of the molecule is CN(c1cccc(C(=N)N)c1)c1nccn2nccc12. The van der Waals surface area contributed by atoms with E-state index in [-0.39, 0.29) is 5.84 Å². The lowest BCUT2D eigenvalue weighted by atomic mass is 10.2. The van der Waals surface area contributed by atoms with Crippen molar-refractivity contribution in [3.63, 3.8) is 0 Å². The third-order valence-electron chi connectivity index (χ3n) is 3.17. The molecule has 3 rings (SSSR count). The molecule has 3 aromatic rings. The number of nitrogens with one attached hydrogen (secondary N) is 1. The van der Waals surface area contributed by atoms with Gasteiger partial charge in [-0.1, -0.05) is 12.1 Å². The molecule has 0 aliphatic heterocycles. The first-order valence-electron chi connectivity index (χ1n) is 6.13. The summed E-state index contributed by atoms with van der Waals surface area (Å²) in [6.45, 7) is 0. The largest absolute Gasteiger partial charge is 0.384 e. The maximum Gasteiger partial charge on any atom is 0.158 e. The summed E-state index contributed by atoms with van der Waals surface area (Å²) in [6, 6.07) is 9.41. The summed E-state index contributed by atoms with van der Waals surface area (Å²) in [5.41, 5.74) is 8.06. The number of hydrogen-bond donors (Lipinski definition) is 2. The number of nitrogens with two attached hydrogens (primary N) is 1. The van der Waals surface area contributed by atoms with Gasteiger partial charge in [0, 0.05) is 30.7 Å². The Kier molecular flexibility index (Phi) is 2.83. The van der Waals surface area contributed by atoms with Crippen molar-refractivity contribution in [2.24, 2.45) is 5.73 Å². The van der Waals surface area contributed by atoms with Crippen molar-refractivity contribution in [1.82, 2.24) is 14.6 Å². The van der Waals surface area contributed by atoms with E-state index in [2.05, 4.69) is 10.1 Å². The average molecular weight is 266 g/mol. The zero-order valence-electron chi connectivity index (χ0n) is 11.0. The van der Waals surface area contributed by atoms with Gasteiger partial charge in [0.1, 0.15) is 11.4 Å². The van der Waals surface area contributed by atoms with Gasteiger partial charge in [-0.25, -0.2) is 9.50 Å². The normalized spacial score (nSPS) is 10.7. The zero-order chi connectivity index (χ0) is 14.1. The molecule has 3 N–H and O–H groups in total. The van der Waals surface area contributed by atoms with E-state index in [9.17, 15) is 0 Å². The molecule has 6 heteroatoms. The molecule has 0 amide bonds. The van der Waals surface area contributed by atoms with Crippen molar-refractivity contribution in [3.8, 4) is 0 Å². The number of hydrogen-bond acceptors (Lipinski definition) is 4. The van der Waals surface area contributed by atoms with E-state index >= 15 is 0 Å². The molecule has 0 spiro atoms. The maximum atomic E-state index is 7.51. The molecule has 0 aliphatic rings. The minimum absolute atomic E-state index is 0.0516. The first-order valence-corrected chi connectivity index (χ1v) is 6.13. The first kappa shape index (κ1) is 12.2. The zero-order valence-corrected chi connectivity index (χ0v) is 11.0. The molecule has 0 bridgehead atoms. The Morgan fingerprint density at radius 1 is 1.30 bits per heavy atom. The second kappa shape index (κ2) is 4.65. The maximum absolute atomic E-state index is 7.51. The van der Waals surface area contributed by atoms with E-state index < -0.39 is 0 Å². The number of amidine groups is 1. The number of aromatic nitrogens is 3. The van der Waals surface area contributed by atoms with Gasteiger partial charge in [0.15, 0.2) is 5.82 Å². The fourth-order valence-electron chi connectivity index (χ4n) is 2.11. The van der Waals surface area contributed by atoms with E-state index in [4.69, 9.17) is 11.1 Å². The van der Waals surface area contributed by atoms with Gasteiger partial charge in [-0.2, -0.15) is 5.10 Å². The standard InChI is InChI=1S/C14H14N6/c1-19(11-4-2-3-10(9-11)13(15)16)14-12-5-6-18-20(12)8-7-17-14/h2-9H,1H3,(H3,15,16). The second-order valence-corrected chi connectivity index (χ2v) is 4.43. The highest BCUT2D eigenvalue weighted by Crippen LogP contribution is 2.25. The highest BCUT2D eigenvalue weighted by atomic mass is 15.3. The average Bonchev–Trinajstić information content (AvgIpc) is 2.95. The molecule has 0 saturated carbocycles. The number of benzene rings is 1. The van der Waals surface area contributed by atoms with Gasteiger partial charge in [0.05, 0.1) is 6.20 Å². The molecular weight excluding hydrogens is 252 g/mol. The molecule has 0 saturated heterocycles. The highest BCUT2D eigenvalue weighted by molar-refractivity contribution is 5.96. The molecular formula is C14H14N6. The summed E-state index contributed by atoms with van der Waals surface area (Å²) in [7, 11) is 1.93. The number of nitrogen functional groups attached to an aromatic ring is 1. The van der Waals surface area contributed by atoms with Gasteiger partial charge in [-0.15, -0.1) is 0 Å². The lowest BCUT2D eigenvalue weighted by Gasteiger charge is -2.19. The minimum Gasteiger partial charge on any atom is -0.384 e. The van der Waals surface area contributed by atoms with Crippen molar-refractivity contribution in [2.45, 2.75) is 0 Å². The van der Waals surface area contributed by atoms with Crippen LogP contribution in [0.2, 0.25) is 0 Å². The van der Waals surface area contributed by atoms with E-state index in [0.29, 0.717) is 5.56 Å². The molecule has 0 unspecified atom stereocenters. The lowest BCUT2D eigenvalue weighted by molar-refractivity contribution is 0.938. The van der Waals surface area contributed by atoms with Crippen LogP contribution in [0.5, 0.6) is 0 Å². The molecule has 0 atom stereocenters. The third kappa shape index (κ3) is 1.97. The van der Waals surface area contributed by atoms with Crippen molar-refractivity contribution in [2.75, 3.05) is 11.9 Å². The van der Waals surface area contributed by atoms with Gasteiger partial charge < -0.3 is 10.6 Å². The van der Waals surface area contributed by atoms with Gasteiger partial charge >= 0.3 is 0 Å². The van der Waals surface area contributed by atoms with Crippen LogP contribution in [0.3, 0.4) is 0 Å². The predicted octanol–water partition coefficient (Wildman–Crippen LogP) is 1.78. The number of fused-ring (bicyclic) bond motifs is 1. The van der Waals surface area contributed by atoms with Crippen LogP contribution in [0.1, 0.15) is 5.56 Å². The second-order valence-electron chi connectivity index (χ2n) is 4.43. The molecule has 1 aromatic carbocycles. The summed E-state index contributed by atoms with van der Waals surface area (Å²) in [4.78, 5) is 6.36. The van der Waals surface area contributed by atoms with E-state index in [1.807, 2.05) is 42.3 Å². The summed E-state index contributed by atoms with van der Waals surface area (Å²) >= 11 is 0. The lowest BCUT2D eigenvalue weighted by Crippen LogP contribution is -2.15. The summed E-state index contributed by atoms with van der Waals surface area (Å²) in [5.74, 6) is 0.849. The molecule has 0 radical (unpaired) electrons. The van der Waals surface area contributed by atoms with Crippen LogP contribution in [-0.2, 0) is 0 Å². The Hall–Kier alpha value is -2.89. The monoisotopic (exact) mass is 266 g/mol. The van der Waals surface area contributed by atoms with Gasteiger partial charge in [0.25, 0.3) is 0 Å². The Labute approximate surface area is 116 Å². The van der Waals surface area contributed by atoms with Crippen LogP contribution in [0.25, 0.3) is 5.52 Å². The Morgan fingerprint density at radius 3 is 2.95 bits per heavy atom. The molecule has 0 aliphatic carbocycles. The molecule has 6 nitrogen and oxygen atoms in total. The Morgan fingerprint density at radius 2 is 2.15 bits per heavy atom. The smallest absolute Gasteiger partial charge is 0.158 e. The Balaban J connectivity index is 2.08. The van der Waals surface area contributed by atoms with Crippen molar-refractivity contribution < 1.29 is 0 Å². The minimum atomic E-state index is 0.0516. The van der Waals surface area contributed by atoms with Crippen molar-refractivity contribution in [1.29, 1.82) is 5.41 Å². The van der Waals surface area contributed by atoms with E-state index in [1.54, 1.807) is 23.1 Å². The van der Waals surface area contributed by atoms with Crippen molar-refractivity contribution >= 4 is 22.9 Å². The van der Waals surface area contributed by atoms with Crippen LogP contribution >= 0.6 is 0 Å². The third-order valence-corrected chi connectivity index (χ3v) is 3.17. The molecule has 0 fully saturated rings. The molecule has 2 aromatic heterocycles. The number of nitrogens with zero attached hydrogens (tertiary/aromatic N) is 4. The van der Waals surface area contributed by atoms with E-state index in [1.165, 1.54) is 0 Å². The van der Waals surface area contributed by atoms with Crippen LogP contribution in [0.4, 0.5) is 11.5 Å². The van der Waals surface area contributed by atoms with Gasteiger partial charge in [-0.05, 0) is 18.2 Å². The quantitative estimate of drug-likeness (QED) is 0.559. The van der Waals surface area contributed by atoms with Crippen LogP contribution < -0.4 is 10.6 Å². The van der Waals surface area contributed by atoms with Crippen LogP contribution in [-0.4, -0.2) is 27.5 Å². The molecule has 2 heterocycles. The fourth-order valence-corrected chi connectivity index (χ4v) is 2.11. The topological polar surface area (TPSA) is 83.3 Å². The predicted molar refractivity (Wildman–Crippen MR) is 78.5 cm³/mol. The van der Waals surface area contributed by atoms with E-state index in [0.717, 1.165) is 17.0 Å². The number of rotatable bonds is 3. The molecule has 20 heavy (non-hydrogen) atoms. The molecule has 100 valence electrons. The highest BCUT2D eigenvalue weighted by Gasteiger charge is 2.11. The Bertz CT molecular complexity index is 776. The van der Waals surface area contributed by atoms with Gasteiger partial charge in [0.2, 0.25) is 0 Å². The summed E-state index contributed by atoms with van der Waals surface area (Å²) in [6.07, 6.45) is 5.25. The van der Waals surface area contributed by atoms with Crippen LogP contribution in [0, 0.1) is 5.41 Å². The van der Waals surface area contributed by atoms with Crippen molar-refractivity contribution in [3.05, 3.63) is 54.5 Å². The van der Waals surface area contributed by atoms with Crippen LogP contribution in [0.15, 0.2) is 48.9 Å². The summed E-state index contributed by atoms with van der Waals surface area (Å²) < 4.78 is 1.77. The first-order chi connectivity index (χ1) is 9.66. The van der Waals surface area contributed by atoms with Gasteiger partial charge in [-0.3, -0.25) is 5.41 Å². The number of anilines is 2. The fraction of sp³-hybridized carbons (Fsp3) is 0.0714. The summed E-state index contributed by atoms with van der Waals surface area (Å²) in [5, 5.41) is 11.7.